The van der Waals surface area contributed by atoms with Gasteiger partial charge in [-0.3, -0.25) is 0 Å². The first-order valence-electron chi connectivity index (χ1n) is 4.94. The first-order chi connectivity index (χ1) is 7.72. The van der Waals surface area contributed by atoms with Crippen molar-refractivity contribution in [3.05, 3.63) is 42.2 Å². The molecule has 2 nitrogen and oxygen atoms in total. The van der Waals surface area contributed by atoms with Crippen molar-refractivity contribution in [2.24, 2.45) is 0 Å². The minimum atomic E-state index is -0.345. The maximum absolute atomic E-state index is 12.8. The maximum atomic E-state index is 12.8. The van der Waals surface area contributed by atoms with E-state index < -0.39 is 0 Å². The van der Waals surface area contributed by atoms with Gasteiger partial charge in [-0.15, -0.1) is 11.8 Å². The van der Waals surface area contributed by atoms with Crippen LogP contribution < -0.4 is 0 Å². The minimum Gasteiger partial charge on any atom is -0.463 e. The van der Waals surface area contributed by atoms with Crippen molar-refractivity contribution < 1.29 is 13.9 Å². The second-order valence-electron chi connectivity index (χ2n) is 2.92. The van der Waals surface area contributed by atoms with E-state index >= 15 is 0 Å². The molecule has 16 heavy (non-hydrogen) atoms. The smallest absolute Gasteiger partial charge is 0.330 e. The summed E-state index contributed by atoms with van der Waals surface area (Å²) in [4.78, 5) is 11.8. The number of halogens is 1. The molecule has 1 aromatic rings. The van der Waals surface area contributed by atoms with Gasteiger partial charge in [0.25, 0.3) is 0 Å². The van der Waals surface area contributed by atoms with Gasteiger partial charge in [-0.2, -0.15) is 0 Å². The van der Waals surface area contributed by atoms with Crippen LogP contribution in [-0.4, -0.2) is 18.3 Å². The highest BCUT2D eigenvalue weighted by Crippen LogP contribution is 2.18. The number of hydrogen-bond donors (Lipinski definition) is 0. The quantitative estimate of drug-likeness (QED) is 0.449. The molecule has 4 heteroatoms. The summed E-state index contributed by atoms with van der Waals surface area (Å²) in [5, 5.41) is 0. The number of hydrogen-bond acceptors (Lipinski definition) is 3. The van der Waals surface area contributed by atoms with Crippen LogP contribution in [0.3, 0.4) is 0 Å². The molecule has 0 aliphatic carbocycles. The molecule has 0 heterocycles. The molecule has 0 atom stereocenters. The van der Waals surface area contributed by atoms with Gasteiger partial charge in [-0.25, -0.2) is 9.18 Å². The van der Waals surface area contributed by atoms with Crippen LogP contribution in [0.1, 0.15) is 6.92 Å². The molecule has 86 valence electrons. The van der Waals surface area contributed by atoms with Crippen LogP contribution in [0.4, 0.5) is 4.39 Å². The van der Waals surface area contributed by atoms with Gasteiger partial charge in [-0.1, -0.05) is 12.1 Å². The Morgan fingerprint density at radius 3 is 3.06 bits per heavy atom. The van der Waals surface area contributed by atoms with Crippen LogP contribution in [0.2, 0.25) is 0 Å². The summed E-state index contributed by atoms with van der Waals surface area (Å²) in [5.41, 5.74) is 0. The van der Waals surface area contributed by atoms with Crippen LogP contribution in [0.5, 0.6) is 0 Å². The van der Waals surface area contributed by atoms with Crippen LogP contribution >= 0.6 is 11.8 Å². The van der Waals surface area contributed by atoms with E-state index in [-0.39, 0.29) is 11.8 Å². The third kappa shape index (κ3) is 4.98. The van der Waals surface area contributed by atoms with Gasteiger partial charge in [0.05, 0.1) is 6.61 Å². The van der Waals surface area contributed by atoms with Crippen molar-refractivity contribution in [3.63, 3.8) is 0 Å². The van der Waals surface area contributed by atoms with E-state index in [0.717, 1.165) is 4.90 Å². The van der Waals surface area contributed by atoms with Crippen LogP contribution in [0.25, 0.3) is 0 Å². The molecule has 0 spiro atoms. The topological polar surface area (TPSA) is 26.3 Å². The molecule has 1 aromatic carbocycles. The van der Waals surface area contributed by atoms with Crippen molar-refractivity contribution in [3.8, 4) is 0 Å². The van der Waals surface area contributed by atoms with E-state index in [1.165, 1.54) is 30.0 Å². The van der Waals surface area contributed by atoms with Crippen molar-refractivity contribution in [2.45, 2.75) is 11.8 Å². The summed E-state index contributed by atoms with van der Waals surface area (Å²) < 4.78 is 17.5. The van der Waals surface area contributed by atoms with E-state index in [4.69, 9.17) is 4.74 Å². The van der Waals surface area contributed by atoms with Gasteiger partial charge >= 0.3 is 5.97 Å². The summed E-state index contributed by atoms with van der Waals surface area (Å²) in [7, 11) is 0. The lowest BCUT2D eigenvalue weighted by molar-refractivity contribution is -0.137. The monoisotopic (exact) mass is 240 g/mol. The van der Waals surface area contributed by atoms with Crippen molar-refractivity contribution in [1.82, 2.24) is 0 Å². The van der Waals surface area contributed by atoms with Crippen molar-refractivity contribution in [1.29, 1.82) is 0 Å². The molecule has 0 aliphatic heterocycles. The average molecular weight is 240 g/mol. The van der Waals surface area contributed by atoms with E-state index in [1.54, 1.807) is 19.1 Å². The molecule has 1 rings (SSSR count). The number of carbonyl (C=O) groups is 1. The van der Waals surface area contributed by atoms with E-state index in [9.17, 15) is 9.18 Å². The van der Waals surface area contributed by atoms with Crippen LogP contribution in [0.15, 0.2) is 41.3 Å². The van der Waals surface area contributed by atoms with Crippen LogP contribution in [-0.2, 0) is 9.53 Å². The van der Waals surface area contributed by atoms with E-state index in [1.807, 2.05) is 6.07 Å². The highest BCUT2D eigenvalue weighted by Gasteiger charge is 1.95. The van der Waals surface area contributed by atoms with Crippen LogP contribution in [0, 0.1) is 5.82 Å². The molecule has 0 saturated heterocycles. The Labute approximate surface area is 98.5 Å². The summed E-state index contributed by atoms with van der Waals surface area (Å²) in [6, 6.07) is 6.35. The largest absolute Gasteiger partial charge is 0.463 e. The fraction of sp³-hybridized carbons (Fsp3) is 0.250. The number of thioether (sulfide) groups is 1. The number of ether oxygens (including phenoxy) is 1. The fourth-order valence-electron chi connectivity index (χ4n) is 1.04. The number of esters is 1. The third-order valence-corrected chi connectivity index (χ3v) is 2.63. The molecule has 0 aromatic heterocycles. The molecule has 0 amide bonds. The second-order valence-corrected chi connectivity index (χ2v) is 4.02. The number of benzene rings is 1. The second kappa shape index (κ2) is 7.06. The molecule has 0 fully saturated rings. The number of rotatable bonds is 5. The Kier molecular flexibility index (Phi) is 5.64. The predicted octanol–water partition coefficient (Wildman–Crippen LogP) is 3.04. The van der Waals surface area contributed by atoms with E-state index in [2.05, 4.69) is 0 Å². The van der Waals surface area contributed by atoms with Crippen molar-refractivity contribution in [2.75, 3.05) is 12.4 Å². The Morgan fingerprint density at radius 1 is 1.56 bits per heavy atom. The molecular formula is C12H13FO2S. The SMILES string of the molecule is CCOC(=O)/C=C/CSc1cccc(F)c1. The molecule has 0 radical (unpaired) electrons. The Hall–Kier alpha value is -1.29. The third-order valence-electron chi connectivity index (χ3n) is 1.68. The maximum Gasteiger partial charge on any atom is 0.330 e. The zero-order valence-corrected chi connectivity index (χ0v) is 9.80. The predicted molar refractivity (Wildman–Crippen MR) is 62.9 cm³/mol. The lowest BCUT2D eigenvalue weighted by Gasteiger charge is -1.98. The zero-order chi connectivity index (χ0) is 11.8. The van der Waals surface area contributed by atoms with Gasteiger partial charge in [-0.05, 0) is 25.1 Å². The lowest BCUT2D eigenvalue weighted by Crippen LogP contribution is -1.98. The van der Waals surface area contributed by atoms with Gasteiger partial charge in [0.1, 0.15) is 5.82 Å². The summed E-state index contributed by atoms with van der Waals surface area (Å²) in [6.07, 6.45) is 3.09. The molecule has 0 bridgehead atoms. The van der Waals surface area contributed by atoms with Gasteiger partial charge in [0, 0.05) is 16.7 Å². The Bertz CT molecular complexity index is 377. The standard InChI is InChI=1S/C12H13FO2S/c1-2-15-12(14)7-4-8-16-11-6-3-5-10(13)9-11/h3-7,9H,2,8H2,1H3/b7-4+. The zero-order valence-electron chi connectivity index (χ0n) is 8.98. The van der Waals surface area contributed by atoms with Gasteiger partial charge in [0.15, 0.2) is 0 Å². The molecule has 0 unspecified atom stereocenters. The van der Waals surface area contributed by atoms with Gasteiger partial charge in [0.2, 0.25) is 0 Å². The minimum absolute atomic E-state index is 0.251. The Balaban J connectivity index is 2.33. The highest BCUT2D eigenvalue weighted by atomic mass is 32.2. The molecule has 0 N–H and O–H groups in total. The van der Waals surface area contributed by atoms with Gasteiger partial charge < -0.3 is 4.74 Å². The summed E-state index contributed by atoms with van der Waals surface area (Å²) >= 11 is 1.46. The average Bonchev–Trinajstić information content (AvgIpc) is 2.25. The first kappa shape index (κ1) is 12.8. The lowest BCUT2D eigenvalue weighted by atomic mass is 10.4. The Morgan fingerprint density at radius 2 is 2.38 bits per heavy atom. The van der Waals surface area contributed by atoms with Crippen molar-refractivity contribution >= 4 is 17.7 Å². The molecule has 0 saturated carbocycles. The van der Waals surface area contributed by atoms with E-state index in [0.29, 0.717) is 12.4 Å². The molecule has 0 aliphatic rings. The fourth-order valence-corrected chi connectivity index (χ4v) is 1.79. The normalized spacial score (nSPS) is 10.6. The summed E-state index contributed by atoms with van der Waals surface area (Å²) in [6.45, 7) is 2.13. The summed E-state index contributed by atoms with van der Waals surface area (Å²) in [5.74, 6) is 0.0177. The number of carbonyl (C=O) groups excluding carboxylic acids is 1. The molecular weight excluding hydrogens is 227 g/mol. The first-order valence-corrected chi connectivity index (χ1v) is 5.92. The highest BCUT2D eigenvalue weighted by molar-refractivity contribution is 7.99.